The third-order valence-electron chi connectivity index (χ3n) is 3.49. The zero-order valence-electron chi connectivity index (χ0n) is 12.2. The van der Waals surface area contributed by atoms with Crippen molar-refractivity contribution in [2.45, 2.75) is 25.9 Å². The van der Waals surface area contributed by atoms with Crippen molar-refractivity contribution in [3.63, 3.8) is 0 Å². The van der Waals surface area contributed by atoms with E-state index in [4.69, 9.17) is 5.26 Å². The van der Waals surface area contributed by atoms with Gasteiger partial charge in [0.2, 0.25) is 0 Å². The number of aliphatic hydroxyl groups is 1. The molecule has 1 unspecified atom stereocenters. The lowest BCUT2D eigenvalue weighted by molar-refractivity contribution is 0.174. The Morgan fingerprint density at radius 3 is 2.43 bits per heavy atom. The largest absolute Gasteiger partial charge is 0.388 e. The molecular weight excluding hydrogens is 260 g/mol. The van der Waals surface area contributed by atoms with Crippen molar-refractivity contribution in [2.24, 2.45) is 0 Å². The van der Waals surface area contributed by atoms with Crippen molar-refractivity contribution in [3.05, 3.63) is 60.2 Å². The molecule has 108 valence electrons. The molecule has 0 aromatic heterocycles. The molecule has 0 fully saturated rings. The Bertz CT molecular complexity index is 604. The number of rotatable bonds is 6. The average Bonchev–Trinajstić information content (AvgIpc) is 2.56. The standard InChI is InChI=1S/C18H20N2O/c1-2-18(21)16-11-6-7-12-17(16)20(14-8-13-19)15-9-4-3-5-10-15/h3-7,9-12,18,21H,2,8,14H2,1H3. The topological polar surface area (TPSA) is 47.3 Å². The molecule has 0 aliphatic heterocycles. The van der Waals surface area contributed by atoms with Crippen LogP contribution < -0.4 is 4.90 Å². The summed E-state index contributed by atoms with van der Waals surface area (Å²) < 4.78 is 0. The van der Waals surface area contributed by atoms with Crippen LogP contribution in [0.3, 0.4) is 0 Å². The predicted molar refractivity (Wildman–Crippen MR) is 85.4 cm³/mol. The first-order valence-electron chi connectivity index (χ1n) is 7.24. The summed E-state index contributed by atoms with van der Waals surface area (Å²) in [5, 5.41) is 19.1. The number of nitrogens with zero attached hydrogens (tertiary/aromatic N) is 2. The van der Waals surface area contributed by atoms with Crippen molar-refractivity contribution >= 4 is 11.4 Å². The van der Waals surface area contributed by atoms with Crippen molar-refractivity contribution in [3.8, 4) is 6.07 Å². The Kier molecular flexibility index (Phi) is 5.36. The van der Waals surface area contributed by atoms with E-state index in [1.54, 1.807) is 0 Å². The van der Waals surface area contributed by atoms with Gasteiger partial charge in [0.1, 0.15) is 0 Å². The number of benzene rings is 2. The summed E-state index contributed by atoms with van der Waals surface area (Å²) in [5.74, 6) is 0. The van der Waals surface area contributed by atoms with Gasteiger partial charge in [-0.15, -0.1) is 0 Å². The Morgan fingerprint density at radius 2 is 1.76 bits per heavy atom. The maximum atomic E-state index is 10.2. The van der Waals surface area contributed by atoms with Gasteiger partial charge in [-0.05, 0) is 24.6 Å². The molecule has 0 heterocycles. The van der Waals surface area contributed by atoms with Crippen molar-refractivity contribution in [1.29, 1.82) is 5.26 Å². The lowest BCUT2D eigenvalue weighted by Crippen LogP contribution is -2.20. The van der Waals surface area contributed by atoms with Crippen molar-refractivity contribution in [2.75, 3.05) is 11.4 Å². The van der Waals surface area contributed by atoms with E-state index in [9.17, 15) is 5.11 Å². The third kappa shape index (κ3) is 3.62. The molecule has 21 heavy (non-hydrogen) atoms. The molecule has 2 aromatic rings. The van der Waals surface area contributed by atoms with Crippen LogP contribution >= 0.6 is 0 Å². The van der Waals surface area contributed by atoms with Crippen molar-refractivity contribution < 1.29 is 5.11 Å². The van der Waals surface area contributed by atoms with Crippen molar-refractivity contribution in [1.82, 2.24) is 0 Å². The Hall–Kier alpha value is -2.31. The smallest absolute Gasteiger partial charge is 0.0807 e. The van der Waals surface area contributed by atoms with Gasteiger partial charge in [-0.25, -0.2) is 0 Å². The van der Waals surface area contributed by atoms with Crippen LogP contribution in [-0.2, 0) is 0 Å². The summed E-state index contributed by atoms with van der Waals surface area (Å²) in [7, 11) is 0. The number of aliphatic hydroxyl groups excluding tert-OH is 1. The first-order chi connectivity index (χ1) is 10.3. The Morgan fingerprint density at radius 1 is 1.10 bits per heavy atom. The minimum absolute atomic E-state index is 0.436. The molecule has 1 N–H and O–H groups in total. The molecule has 0 amide bonds. The van der Waals surface area contributed by atoms with Crippen LogP contribution in [0, 0.1) is 11.3 Å². The van der Waals surface area contributed by atoms with E-state index in [1.807, 2.05) is 61.5 Å². The van der Waals surface area contributed by atoms with Gasteiger partial charge < -0.3 is 10.0 Å². The normalized spacial score (nSPS) is 11.7. The highest BCUT2D eigenvalue weighted by Crippen LogP contribution is 2.33. The molecule has 3 heteroatoms. The van der Waals surface area contributed by atoms with E-state index >= 15 is 0 Å². The lowest BCUT2D eigenvalue weighted by Gasteiger charge is -2.27. The summed E-state index contributed by atoms with van der Waals surface area (Å²) in [6.07, 6.45) is 0.609. The average molecular weight is 280 g/mol. The number of hydrogen-bond acceptors (Lipinski definition) is 3. The molecule has 0 radical (unpaired) electrons. The van der Waals surface area contributed by atoms with Crippen LogP contribution in [-0.4, -0.2) is 11.7 Å². The second-order valence-corrected chi connectivity index (χ2v) is 4.88. The van der Waals surface area contributed by atoms with Crippen LogP contribution in [0.1, 0.15) is 31.4 Å². The highest BCUT2D eigenvalue weighted by molar-refractivity contribution is 5.67. The predicted octanol–water partition coefficient (Wildman–Crippen LogP) is 4.18. The number of nitriles is 1. The van der Waals surface area contributed by atoms with Gasteiger partial charge in [-0.1, -0.05) is 43.3 Å². The first kappa shape index (κ1) is 15.1. The summed E-state index contributed by atoms with van der Waals surface area (Å²) >= 11 is 0. The molecule has 0 bridgehead atoms. The fourth-order valence-electron chi connectivity index (χ4n) is 2.39. The SMILES string of the molecule is CCC(O)c1ccccc1N(CCC#N)c1ccccc1. The fourth-order valence-corrected chi connectivity index (χ4v) is 2.39. The summed E-state index contributed by atoms with van der Waals surface area (Å²) in [5.41, 5.74) is 2.90. The molecule has 0 saturated carbocycles. The maximum absolute atomic E-state index is 10.2. The molecule has 2 rings (SSSR count). The van der Waals surface area contributed by atoms with E-state index in [0.717, 1.165) is 16.9 Å². The zero-order chi connectivity index (χ0) is 15.1. The van der Waals surface area contributed by atoms with Gasteiger partial charge >= 0.3 is 0 Å². The minimum Gasteiger partial charge on any atom is -0.388 e. The molecule has 3 nitrogen and oxygen atoms in total. The van der Waals surface area contributed by atoms with Gasteiger partial charge in [0.05, 0.1) is 18.6 Å². The Labute approximate surface area is 126 Å². The van der Waals surface area contributed by atoms with E-state index in [1.165, 1.54) is 0 Å². The van der Waals surface area contributed by atoms with E-state index in [0.29, 0.717) is 19.4 Å². The molecule has 1 atom stereocenters. The number of anilines is 2. The minimum atomic E-state index is -0.491. The zero-order valence-corrected chi connectivity index (χ0v) is 12.2. The van der Waals surface area contributed by atoms with E-state index in [2.05, 4.69) is 11.0 Å². The van der Waals surface area contributed by atoms with Gasteiger partial charge in [-0.2, -0.15) is 5.26 Å². The highest BCUT2D eigenvalue weighted by atomic mass is 16.3. The summed E-state index contributed by atoms with van der Waals surface area (Å²) in [6, 6.07) is 20.0. The molecular formula is C18H20N2O. The van der Waals surface area contributed by atoms with E-state index in [-0.39, 0.29) is 0 Å². The van der Waals surface area contributed by atoms with Gasteiger partial charge in [0, 0.05) is 23.5 Å². The maximum Gasteiger partial charge on any atom is 0.0807 e. The first-order valence-corrected chi connectivity index (χ1v) is 7.24. The lowest BCUT2D eigenvalue weighted by atomic mass is 10.0. The highest BCUT2D eigenvalue weighted by Gasteiger charge is 2.16. The quantitative estimate of drug-likeness (QED) is 0.863. The van der Waals surface area contributed by atoms with Crippen LogP contribution in [0.5, 0.6) is 0 Å². The second-order valence-electron chi connectivity index (χ2n) is 4.88. The molecule has 2 aromatic carbocycles. The Balaban J connectivity index is 2.45. The second kappa shape index (κ2) is 7.47. The van der Waals surface area contributed by atoms with Crippen LogP contribution in [0.15, 0.2) is 54.6 Å². The van der Waals surface area contributed by atoms with E-state index < -0.39 is 6.10 Å². The van der Waals surface area contributed by atoms with Crippen LogP contribution in [0.25, 0.3) is 0 Å². The molecule has 0 aliphatic rings. The molecule has 0 spiro atoms. The molecule has 0 saturated heterocycles. The monoisotopic (exact) mass is 280 g/mol. The van der Waals surface area contributed by atoms with Crippen LogP contribution in [0.2, 0.25) is 0 Å². The van der Waals surface area contributed by atoms with Gasteiger partial charge in [-0.3, -0.25) is 0 Å². The summed E-state index contributed by atoms with van der Waals surface area (Å²) in [4.78, 5) is 2.09. The van der Waals surface area contributed by atoms with Gasteiger partial charge in [0.15, 0.2) is 0 Å². The summed E-state index contributed by atoms with van der Waals surface area (Å²) in [6.45, 7) is 2.57. The molecule has 0 aliphatic carbocycles. The third-order valence-corrected chi connectivity index (χ3v) is 3.49. The number of para-hydroxylation sites is 2. The van der Waals surface area contributed by atoms with Gasteiger partial charge in [0.25, 0.3) is 0 Å². The number of hydrogen-bond donors (Lipinski definition) is 1. The fraction of sp³-hybridized carbons (Fsp3) is 0.278. The van der Waals surface area contributed by atoms with Crippen LogP contribution in [0.4, 0.5) is 11.4 Å².